The molecule has 2 heteroatoms. The third kappa shape index (κ3) is 3.91. The summed E-state index contributed by atoms with van der Waals surface area (Å²) in [6.45, 7) is 10.1. The number of hydrogen-bond acceptors (Lipinski definition) is 2. The maximum absolute atomic E-state index is 3.61. The average Bonchev–Trinajstić information content (AvgIpc) is 2.76. The van der Waals surface area contributed by atoms with Crippen LogP contribution in [0.25, 0.3) is 0 Å². The van der Waals surface area contributed by atoms with E-state index in [0.717, 1.165) is 18.9 Å². The molecule has 1 nitrogen and oxygen atoms in total. The highest BCUT2D eigenvalue weighted by molar-refractivity contribution is 7.12. The van der Waals surface area contributed by atoms with Gasteiger partial charge in [-0.15, -0.1) is 11.3 Å². The van der Waals surface area contributed by atoms with E-state index in [1.165, 1.54) is 22.6 Å². The average molecular weight is 239 g/mol. The summed E-state index contributed by atoms with van der Waals surface area (Å²) in [5, 5.41) is 3.61. The largest absolute Gasteiger partial charge is 0.310 e. The Morgan fingerprint density at radius 3 is 2.50 bits per heavy atom. The molecule has 0 aromatic carbocycles. The minimum Gasteiger partial charge on any atom is -0.310 e. The second kappa shape index (κ2) is 7.08. The summed E-state index contributed by atoms with van der Waals surface area (Å²) in [5.74, 6) is 0.802. The van der Waals surface area contributed by atoms with Gasteiger partial charge < -0.3 is 5.32 Å². The van der Waals surface area contributed by atoms with E-state index >= 15 is 0 Å². The maximum atomic E-state index is 3.61. The van der Waals surface area contributed by atoms with Crippen molar-refractivity contribution in [3.05, 3.63) is 21.9 Å². The molecule has 2 unspecified atom stereocenters. The zero-order chi connectivity index (χ0) is 12.0. The molecule has 0 aliphatic rings. The molecule has 2 atom stereocenters. The predicted octanol–water partition coefficient (Wildman–Crippen LogP) is 4.40. The Bertz CT molecular complexity index is 293. The highest BCUT2D eigenvalue weighted by Gasteiger charge is 2.15. The van der Waals surface area contributed by atoms with Gasteiger partial charge in [-0.1, -0.05) is 34.1 Å². The van der Waals surface area contributed by atoms with Crippen LogP contribution in [-0.2, 0) is 6.42 Å². The third-order valence-corrected chi connectivity index (χ3v) is 4.50. The second-order valence-corrected chi connectivity index (χ2v) is 5.72. The van der Waals surface area contributed by atoms with Crippen molar-refractivity contribution in [2.24, 2.45) is 5.92 Å². The number of hydrogen-bond donors (Lipinski definition) is 1. The molecule has 0 saturated carbocycles. The Kier molecular flexibility index (Phi) is 6.07. The first-order valence-corrected chi connectivity index (χ1v) is 7.34. The van der Waals surface area contributed by atoms with Gasteiger partial charge in [0.1, 0.15) is 0 Å². The molecule has 0 bridgehead atoms. The van der Waals surface area contributed by atoms with Crippen LogP contribution in [0.4, 0.5) is 0 Å². The molecule has 0 radical (unpaired) electrons. The number of rotatable bonds is 7. The lowest BCUT2D eigenvalue weighted by molar-refractivity contribution is 0.412. The Hall–Kier alpha value is -0.340. The van der Waals surface area contributed by atoms with Gasteiger partial charge in [0.15, 0.2) is 0 Å². The van der Waals surface area contributed by atoms with Gasteiger partial charge in [-0.05, 0) is 37.4 Å². The molecule has 0 fully saturated rings. The fourth-order valence-electron chi connectivity index (χ4n) is 1.89. The van der Waals surface area contributed by atoms with Crippen LogP contribution in [0.5, 0.6) is 0 Å². The minimum atomic E-state index is 0.560. The van der Waals surface area contributed by atoms with Crippen LogP contribution >= 0.6 is 11.3 Å². The van der Waals surface area contributed by atoms with Gasteiger partial charge in [-0.2, -0.15) is 0 Å². The first-order valence-electron chi connectivity index (χ1n) is 6.53. The van der Waals surface area contributed by atoms with E-state index in [1.54, 1.807) is 0 Å². The molecule has 1 heterocycles. The standard InChI is InChI=1S/C14H25NS/c1-5-11(4)10-13(15-7-3)14-9-8-12(6-2)16-14/h8-9,11,13,15H,5-7,10H2,1-4H3. The molecule has 1 rings (SSSR count). The SMILES string of the molecule is CCNC(CC(C)CC)c1ccc(CC)s1. The monoisotopic (exact) mass is 239 g/mol. The Morgan fingerprint density at radius 2 is 2.00 bits per heavy atom. The number of aryl methyl sites for hydroxylation is 1. The van der Waals surface area contributed by atoms with Gasteiger partial charge in [0.2, 0.25) is 0 Å². The highest BCUT2D eigenvalue weighted by Crippen LogP contribution is 2.29. The van der Waals surface area contributed by atoms with E-state index in [1.807, 2.05) is 11.3 Å². The van der Waals surface area contributed by atoms with E-state index in [9.17, 15) is 0 Å². The molecule has 1 aromatic rings. The number of nitrogens with one attached hydrogen (secondary N) is 1. The molecule has 0 amide bonds. The zero-order valence-corrected chi connectivity index (χ0v) is 11.9. The van der Waals surface area contributed by atoms with Crippen molar-refractivity contribution in [2.45, 2.75) is 53.0 Å². The van der Waals surface area contributed by atoms with Crippen molar-refractivity contribution in [1.29, 1.82) is 0 Å². The quantitative estimate of drug-likeness (QED) is 0.744. The van der Waals surface area contributed by atoms with Crippen molar-refractivity contribution < 1.29 is 0 Å². The van der Waals surface area contributed by atoms with E-state index in [4.69, 9.17) is 0 Å². The first-order chi connectivity index (χ1) is 7.71. The second-order valence-electron chi connectivity index (χ2n) is 4.52. The first kappa shape index (κ1) is 13.7. The highest BCUT2D eigenvalue weighted by atomic mass is 32.1. The van der Waals surface area contributed by atoms with Crippen LogP contribution < -0.4 is 5.32 Å². The Labute approximate surface area is 104 Å². The molecule has 92 valence electrons. The lowest BCUT2D eigenvalue weighted by atomic mass is 9.98. The van der Waals surface area contributed by atoms with Crippen LogP contribution in [0.3, 0.4) is 0 Å². The van der Waals surface area contributed by atoms with E-state index in [0.29, 0.717) is 6.04 Å². The lowest BCUT2D eigenvalue weighted by Crippen LogP contribution is -2.21. The Morgan fingerprint density at radius 1 is 1.25 bits per heavy atom. The summed E-state index contributed by atoms with van der Waals surface area (Å²) in [6, 6.07) is 5.14. The van der Waals surface area contributed by atoms with E-state index in [2.05, 4.69) is 45.1 Å². The van der Waals surface area contributed by atoms with Crippen LogP contribution in [-0.4, -0.2) is 6.54 Å². The van der Waals surface area contributed by atoms with Crippen molar-refractivity contribution >= 4 is 11.3 Å². The third-order valence-electron chi connectivity index (χ3n) is 3.16. The summed E-state index contributed by atoms with van der Waals surface area (Å²) in [7, 11) is 0. The number of thiophene rings is 1. The molecular weight excluding hydrogens is 214 g/mol. The van der Waals surface area contributed by atoms with Crippen LogP contribution in [0, 0.1) is 5.92 Å². The molecule has 0 spiro atoms. The summed E-state index contributed by atoms with van der Waals surface area (Å²) in [6.07, 6.45) is 3.69. The summed E-state index contributed by atoms with van der Waals surface area (Å²) in [4.78, 5) is 3.01. The maximum Gasteiger partial charge on any atom is 0.0417 e. The molecule has 1 aromatic heterocycles. The van der Waals surface area contributed by atoms with Gasteiger partial charge in [-0.25, -0.2) is 0 Å². The van der Waals surface area contributed by atoms with Crippen molar-refractivity contribution in [3.63, 3.8) is 0 Å². The van der Waals surface area contributed by atoms with Crippen LogP contribution in [0.15, 0.2) is 12.1 Å². The smallest absolute Gasteiger partial charge is 0.0417 e. The molecule has 16 heavy (non-hydrogen) atoms. The summed E-state index contributed by atoms with van der Waals surface area (Å²) < 4.78 is 0. The van der Waals surface area contributed by atoms with Gasteiger partial charge in [-0.3, -0.25) is 0 Å². The van der Waals surface area contributed by atoms with Gasteiger partial charge in [0.05, 0.1) is 0 Å². The summed E-state index contributed by atoms with van der Waals surface area (Å²) >= 11 is 1.97. The van der Waals surface area contributed by atoms with Gasteiger partial charge >= 0.3 is 0 Å². The normalized spacial score (nSPS) is 15.0. The van der Waals surface area contributed by atoms with Crippen molar-refractivity contribution in [3.8, 4) is 0 Å². The predicted molar refractivity (Wildman–Crippen MR) is 74.2 cm³/mol. The fraction of sp³-hybridized carbons (Fsp3) is 0.714. The van der Waals surface area contributed by atoms with Crippen molar-refractivity contribution in [1.82, 2.24) is 5.32 Å². The zero-order valence-electron chi connectivity index (χ0n) is 11.0. The van der Waals surface area contributed by atoms with Gasteiger partial charge in [0, 0.05) is 15.8 Å². The minimum absolute atomic E-state index is 0.560. The lowest BCUT2D eigenvalue weighted by Gasteiger charge is -2.19. The molecular formula is C14H25NS. The van der Waals surface area contributed by atoms with E-state index < -0.39 is 0 Å². The summed E-state index contributed by atoms with van der Waals surface area (Å²) in [5.41, 5.74) is 0. The van der Waals surface area contributed by atoms with E-state index in [-0.39, 0.29) is 0 Å². The molecule has 0 aliphatic heterocycles. The molecule has 0 aliphatic carbocycles. The fourth-order valence-corrected chi connectivity index (χ4v) is 2.93. The molecule has 1 N–H and O–H groups in total. The Balaban J connectivity index is 2.68. The van der Waals surface area contributed by atoms with Crippen LogP contribution in [0.2, 0.25) is 0 Å². The molecule has 0 saturated heterocycles. The van der Waals surface area contributed by atoms with Crippen LogP contribution in [0.1, 0.15) is 56.3 Å². The van der Waals surface area contributed by atoms with Crippen molar-refractivity contribution in [2.75, 3.05) is 6.54 Å². The van der Waals surface area contributed by atoms with Gasteiger partial charge in [0.25, 0.3) is 0 Å². The topological polar surface area (TPSA) is 12.0 Å².